The van der Waals surface area contributed by atoms with E-state index in [1.165, 1.54) is 4.90 Å². The van der Waals surface area contributed by atoms with Crippen LogP contribution in [0.15, 0.2) is 52.1 Å². The summed E-state index contributed by atoms with van der Waals surface area (Å²) in [6, 6.07) is 9.92. The average Bonchev–Trinajstić information content (AvgIpc) is 2.65. The van der Waals surface area contributed by atoms with Crippen LogP contribution in [0.2, 0.25) is 0 Å². The zero-order valence-corrected chi connectivity index (χ0v) is 14.0. The minimum atomic E-state index is 0.00551. The average molecular weight is 363 g/mol. The molecule has 3 rings (SSSR count). The summed E-state index contributed by atoms with van der Waals surface area (Å²) >= 11 is 5.21. The van der Waals surface area contributed by atoms with Gasteiger partial charge in [-0.25, -0.2) is 0 Å². The van der Waals surface area contributed by atoms with Crippen molar-refractivity contribution in [2.24, 2.45) is 0 Å². The minimum Gasteiger partial charge on any atom is -0.307 e. The number of amides is 1. The predicted octanol–water partition coefficient (Wildman–Crippen LogP) is 4.38. The molecule has 1 aromatic carbocycles. The summed E-state index contributed by atoms with van der Waals surface area (Å²) in [6.07, 6.45) is 4.29. The van der Waals surface area contributed by atoms with Crippen LogP contribution in [0.25, 0.3) is 0 Å². The first-order chi connectivity index (χ1) is 10.1. The number of carbonyl (C=O) groups excluding carboxylic acids is 1. The number of nitrogens with zero attached hydrogens (tertiary/aromatic N) is 2. The van der Waals surface area contributed by atoms with Crippen LogP contribution in [0.3, 0.4) is 0 Å². The lowest BCUT2D eigenvalue weighted by molar-refractivity contribution is 0.0986. The number of para-hydroxylation sites is 1. The van der Waals surface area contributed by atoms with E-state index in [0.717, 1.165) is 23.1 Å². The molecule has 1 aromatic heterocycles. The van der Waals surface area contributed by atoms with E-state index in [2.05, 4.69) is 33.9 Å². The van der Waals surface area contributed by atoms with Crippen LogP contribution in [0.5, 0.6) is 0 Å². The molecule has 108 valence electrons. The van der Waals surface area contributed by atoms with Crippen LogP contribution in [-0.4, -0.2) is 22.7 Å². The second kappa shape index (κ2) is 6.20. The lowest BCUT2D eigenvalue weighted by atomic mass is 10.2. The van der Waals surface area contributed by atoms with E-state index in [-0.39, 0.29) is 5.91 Å². The number of fused-ring (bicyclic) bond motifs is 1. The van der Waals surface area contributed by atoms with Crippen LogP contribution < -0.4 is 4.90 Å². The first kappa shape index (κ1) is 14.6. The molecular formula is C16H15BrN2OS. The lowest BCUT2D eigenvalue weighted by Gasteiger charge is -2.22. The fourth-order valence-corrected chi connectivity index (χ4v) is 3.86. The Morgan fingerprint density at radius 2 is 2.19 bits per heavy atom. The molecule has 1 unspecified atom stereocenters. The number of anilines is 1. The van der Waals surface area contributed by atoms with Crippen molar-refractivity contribution in [1.82, 2.24) is 4.98 Å². The van der Waals surface area contributed by atoms with E-state index in [1.807, 2.05) is 40.9 Å². The van der Waals surface area contributed by atoms with Crippen LogP contribution >= 0.6 is 27.7 Å². The summed E-state index contributed by atoms with van der Waals surface area (Å²) in [5.41, 5.74) is 1.61. The van der Waals surface area contributed by atoms with Crippen molar-refractivity contribution in [1.29, 1.82) is 0 Å². The molecule has 0 N–H and O–H groups in total. The van der Waals surface area contributed by atoms with Crippen LogP contribution in [-0.2, 0) is 0 Å². The molecule has 0 fully saturated rings. The normalized spacial score (nSPS) is 18.0. The summed E-state index contributed by atoms with van der Waals surface area (Å²) in [6.45, 7) is 2.94. The van der Waals surface area contributed by atoms with Gasteiger partial charge in [0.2, 0.25) is 0 Å². The summed E-state index contributed by atoms with van der Waals surface area (Å²) in [7, 11) is 0. The van der Waals surface area contributed by atoms with E-state index >= 15 is 0 Å². The molecule has 2 aromatic rings. The molecule has 2 heterocycles. The summed E-state index contributed by atoms with van der Waals surface area (Å²) in [5.74, 6) is 0.00551. The van der Waals surface area contributed by atoms with Gasteiger partial charge in [0.1, 0.15) is 0 Å². The molecule has 3 nitrogen and oxygen atoms in total. The Labute approximate surface area is 136 Å². The van der Waals surface area contributed by atoms with Crippen molar-refractivity contribution in [3.63, 3.8) is 0 Å². The van der Waals surface area contributed by atoms with Crippen molar-refractivity contribution >= 4 is 39.3 Å². The van der Waals surface area contributed by atoms with Crippen molar-refractivity contribution in [2.45, 2.75) is 23.5 Å². The number of rotatable bonds is 1. The molecule has 1 atom stereocenters. The predicted molar refractivity (Wildman–Crippen MR) is 90.0 cm³/mol. The Morgan fingerprint density at radius 3 is 3.00 bits per heavy atom. The highest BCUT2D eigenvalue weighted by Crippen LogP contribution is 2.37. The Morgan fingerprint density at radius 1 is 1.38 bits per heavy atom. The largest absolute Gasteiger partial charge is 0.307 e. The SMILES string of the molecule is CC1CCN(C(=O)c2cncc(Br)c2)c2ccccc2S1. The summed E-state index contributed by atoms with van der Waals surface area (Å²) in [4.78, 5) is 20.0. The molecule has 0 saturated carbocycles. The third kappa shape index (κ3) is 3.14. The Balaban J connectivity index is 2.00. The lowest BCUT2D eigenvalue weighted by Crippen LogP contribution is -2.32. The minimum absolute atomic E-state index is 0.00551. The maximum Gasteiger partial charge on any atom is 0.259 e. The number of thioether (sulfide) groups is 1. The van der Waals surface area contributed by atoms with Crippen molar-refractivity contribution in [3.8, 4) is 0 Å². The van der Waals surface area contributed by atoms with Crippen molar-refractivity contribution < 1.29 is 4.79 Å². The Bertz CT molecular complexity index is 677. The summed E-state index contributed by atoms with van der Waals surface area (Å²) in [5, 5.41) is 0.504. The number of benzene rings is 1. The fourth-order valence-electron chi connectivity index (χ4n) is 2.38. The monoisotopic (exact) mass is 362 g/mol. The van der Waals surface area contributed by atoms with Gasteiger partial charge >= 0.3 is 0 Å². The van der Waals surface area contributed by atoms with Gasteiger partial charge in [-0.05, 0) is 40.5 Å². The first-order valence-electron chi connectivity index (χ1n) is 6.83. The molecule has 0 saturated heterocycles. The second-order valence-electron chi connectivity index (χ2n) is 5.03. The zero-order valence-electron chi connectivity index (χ0n) is 11.6. The maximum atomic E-state index is 12.8. The quantitative estimate of drug-likeness (QED) is 0.754. The van der Waals surface area contributed by atoms with E-state index in [9.17, 15) is 4.79 Å². The molecule has 0 spiro atoms. The molecule has 21 heavy (non-hydrogen) atoms. The van der Waals surface area contributed by atoms with Gasteiger partial charge in [0, 0.05) is 33.6 Å². The second-order valence-corrected chi connectivity index (χ2v) is 7.43. The van der Waals surface area contributed by atoms with E-state index in [4.69, 9.17) is 0 Å². The molecule has 0 bridgehead atoms. The number of hydrogen-bond acceptors (Lipinski definition) is 3. The molecule has 0 radical (unpaired) electrons. The number of halogens is 1. The highest BCUT2D eigenvalue weighted by atomic mass is 79.9. The van der Waals surface area contributed by atoms with Gasteiger partial charge in [0.05, 0.1) is 11.3 Å². The third-order valence-electron chi connectivity index (χ3n) is 3.44. The molecule has 1 aliphatic rings. The standard InChI is InChI=1S/C16H15BrN2OS/c1-11-6-7-19(14-4-2-3-5-15(14)21-11)16(20)12-8-13(17)10-18-9-12/h2-5,8-11H,6-7H2,1H3. The van der Waals surface area contributed by atoms with Gasteiger partial charge in [-0.3, -0.25) is 9.78 Å². The highest BCUT2D eigenvalue weighted by Gasteiger charge is 2.25. The van der Waals surface area contributed by atoms with Crippen LogP contribution in [0.4, 0.5) is 5.69 Å². The van der Waals surface area contributed by atoms with Gasteiger partial charge < -0.3 is 4.90 Å². The maximum absolute atomic E-state index is 12.8. The zero-order chi connectivity index (χ0) is 14.8. The smallest absolute Gasteiger partial charge is 0.259 e. The molecule has 0 aliphatic carbocycles. The van der Waals surface area contributed by atoms with Crippen LogP contribution in [0.1, 0.15) is 23.7 Å². The number of pyridine rings is 1. The van der Waals surface area contributed by atoms with Gasteiger partial charge in [0.15, 0.2) is 0 Å². The van der Waals surface area contributed by atoms with Gasteiger partial charge in [-0.15, -0.1) is 11.8 Å². The van der Waals surface area contributed by atoms with E-state index in [1.54, 1.807) is 12.4 Å². The van der Waals surface area contributed by atoms with Gasteiger partial charge in [-0.2, -0.15) is 0 Å². The van der Waals surface area contributed by atoms with Crippen molar-refractivity contribution in [2.75, 3.05) is 11.4 Å². The number of hydrogen-bond donors (Lipinski definition) is 0. The highest BCUT2D eigenvalue weighted by molar-refractivity contribution is 9.10. The third-order valence-corrected chi connectivity index (χ3v) is 5.11. The van der Waals surface area contributed by atoms with Crippen LogP contribution in [0, 0.1) is 0 Å². The molecule has 5 heteroatoms. The Kier molecular flexibility index (Phi) is 4.31. The number of aromatic nitrogens is 1. The topological polar surface area (TPSA) is 33.2 Å². The van der Waals surface area contributed by atoms with Crippen molar-refractivity contribution in [3.05, 3.63) is 52.8 Å². The number of carbonyl (C=O) groups is 1. The van der Waals surface area contributed by atoms with E-state index < -0.39 is 0 Å². The van der Waals surface area contributed by atoms with Gasteiger partial charge in [-0.1, -0.05) is 19.1 Å². The molecule has 1 aliphatic heterocycles. The Hall–Kier alpha value is -1.33. The fraction of sp³-hybridized carbons (Fsp3) is 0.250. The molecule has 1 amide bonds. The summed E-state index contributed by atoms with van der Waals surface area (Å²) < 4.78 is 0.819. The molecular weight excluding hydrogens is 348 g/mol. The first-order valence-corrected chi connectivity index (χ1v) is 8.50. The van der Waals surface area contributed by atoms with Gasteiger partial charge in [0.25, 0.3) is 5.91 Å². The van der Waals surface area contributed by atoms with E-state index in [0.29, 0.717) is 10.8 Å².